The van der Waals surface area contributed by atoms with Gasteiger partial charge in [0.1, 0.15) is 11.3 Å². The standard InChI is InChI=1S/C27H23FN4O3/c1-31(14-19-5-3-4-10-29-19)26(34)22-20-12-17(11-16-6-8-18(28)9-7-16)13-30-24(20)25(33)23-21(22)15-32(2)27(23)35/h3-10,12-13,33H,11,14-15H2,1-2H3. The molecule has 5 rings (SSSR count). The maximum absolute atomic E-state index is 13.8. The van der Waals surface area contributed by atoms with Crippen LogP contribution in [-0.4, -0.2) is 50.8 Å². The minimum absolute atomic E-state index is 0.119. The van der Waals surface area contributed by atoms with Crippen LogP contribution in [0.3, 0.4) is 0 Å². The Balaban J connectivity index is 1.63. The normalized spacial score (nSPS) is 12.8. The number of amides is 2. The highest BCUT2D eigenvalue weighted by Gasteiger charge is 2.35. The third-order valence-electron chi connectivity index (χ3n) is 6.24. The van der Waals surface area contributed by atoms with E-state index in [2.05, 4.69) is 9.97 Å². The van der Waals surface area contributed by atoms with Crippen LogP contribution in [0.15, 0.2) is 60.9 Å². The van der Waals surface area contributed by atoms with Crippen molar-refractivity contribution in [1.82, 2.24) is 19.8 Å². The average Bonchev–Trinajstić information content (AvgIpc) is 3.15. The fourth-order valence-electron chi connectivity index (χ4n) is 4.50. The third kappa shape index (κ3) is 4.07. The number of phenols is 1. The Morgan fingerprint density at radius 1 is 1.14 bits per heavy atom. The molecule has 176 valence electrons. The summed E-state index contributed by atoms with van der Waals surface area (Å²) < 4.78 is 13.3. The van der Waals surface area contributed by atoms with Gasteiger partial charge in [0, 0.05) is 44.0 Å². The van der Waals surface area contributed by atoms with Crippen LogP contribution in [-0.2, 0) is 19.5 Å². The molecule has 0 aliphatic carbocycles. The van der Waals surface area contributed by atoms with E-state index in [1.807, 2.05) is 18.2 Å². The van der Waals surface area contributed by atoms with Gasteiger partial charge in [-0.2, -0.15) is 0 Å². The smallest absolute Gasteiger partial charge is 0.258 e. The molecule has 8 heteroatoms. The van der Waals surface area contributed by atoms with Gasteiger partial charge in [-0.3, -0.25) is 19.6 Å². The number of carbonyl (C=O) groups is 2. The number of aromatic nitrogens is 2. The van der Waals surface area contributed by atoms with E-state index in [-0.39, 0.29) is 47.6 Å². The number of hydrogen-bond donors (Lipinski definition) is 1. The van der Waals surface area contributed by atoms with E-state index in [0.29, 0.717) is 22.9 Å². The predicted molar refractivity (Wildman–Crippen MR) is 128 cm³/mol. The van der Waals surface area contributed by atoms with E-state index in [9.17, 15) is 19.1 Å². The van der Waals surface area contributed by atoms with Crippen LogP contribution < -0.4 is 0 Å². The molecule has 0 atom stereocenters. The van der Waals surface area contributed by atoms with Crippen molar-refractivity contribution >= 4 is 22.7 Å². The molecule has 7 nitrogen and oxygen atoms in total. The van der Waals surface area contributed by atoms with Gasteiger partial charge in [-0.15, -0.1) is 0 Å². The number of nitrogens with zero attached hydrogens (tertiary/aromatic N) is 4. The summed E-state index contributed by atoms with van der Waals surface area (Å²) in [6, 6.07) is 13.5. The molecule has 0 bridgehead atoms. The number of benzene rings is 2. The minimum Gasteiger partial charge on any atom is -0.505 e. The van der Waals surface area contributed by atoms with Crippen molar-refractivity contribution in [3.05, 3.63) is 100 Å². The number of carbonyl (C=O) groups excluding carboxylic acids is 2. The molecule has 0 saturated heterocycles. The number of aromatic hydroxyl groups is 1. The van der Waals surface area contributed by atoms with E-state index in [1.54, 1.807) is 49.6 Å². The zero-order chi connectivity index (χ0) is 24.7. The van der Waals surface area contributed by atoms with Crippen LogP contribution in [0.25, 0.3) is 10.9 Å². The molecule has 1 aliphatic heterocycles. The fraction of sp³-hybridized carbons (Fsp3) is 0.185. The lowest BCUT2D eigenvalue weighted by molar-refractivity contribution is 0.0779. The van der Waals surface area contributed by atoms with Gasteiger partial charge in [-0.25, -0.2) is 4.39 Å². The van der Waals surface area contributed by atoms with Gasteiger partial charge in [0.05, 0.1) is 23.4 Å². The third-order valence-corrected chi connectivity index (χ3v) is 6.24. The monoisotopic (exact) mass is 470 g/mol. The fourth-order valence-corrected chi connectivity index (χ4v) is 4.50. The number of halogens is 1. The number of rotatable bonds is 5. The minimum atomic E-state index is -0.349. The highest BCUT2D eigenvalue weighted by Crippen LogP contribution is 2.40. The SMILES string of the molecule is CN1Cc2c(c(O)c3ncc(Cc4ccc(F)cc4)cc3c2C(=O)N(C)Cc2ccccn2)C1=O. The second kappa shape index (κ2) is 8.79. The summed E-state index contributed by atoms with van der Waals surface area (Å²) in [6.07, 6.45) is 3.74. The van der Waals surface area contributed by atoms with Crippen molar-refractivity contribution in [2.75, 3.05) is 14.1 Å². The molecular weight excluding hydrogens is 447 g/mol. The average molecular weight is 471 g/mol. The Labute approximate surface area is 201 Å². The van der Waals surface area contributed by atoms with Crippen molar-refractivity contribution in [2.45, 2.75) is 19.5 Å². The second-order valence-corrected chi connectivity index (χ2v) is 8.76. The lowest BCUT2D eigenvalue weighted by atomic mass is 9.94. The van der Waals surface area contributed by atoms with E-state index >= 15 is 0 Å². The highest BCUT2D eigenvalue weighted by atomic mass is 19.1. The molecule has 0 fully saturated rings. The maximum atomic E-state index is 13.8. The van der Waals surface area contributed by atoms with E-state index in [1.165, 1.54) is 17.0 Å². The number of pyridine rings is 2. The van der Waals surface area contributed by atoms with E-state index in [0.717, 1.165) is 16.8 Å². The summed E-state index contributed by atoms with van der Waals surface area (Å²) in [5.74, 6) is -1.18. The van der Waals surface area contributed by atoms with Crippen LogP contribution >= 0.6 is 0 Å². The molecule has 35 heavy (non-hydrogen) atoms. The first kappa shape index (κ1) is 22.5. The summed E-state index contributed by atoms with van der Waals surface area (Å²) in [5.41, 5.74) is 3.55. The molecule has 0 saturated carbocycles. The van der Waals surface area contributed by atoms with Crippen LogP contribution in [0, 0.1) is 5.82 Å². The van der Waals surface area contributed by atoms with Gasteiger partial charge < -0.3 is 14.9 Å². The van der Waals surface area contributed by atoms with E-state index < -0.39 is 0 Å². The topological polar surface area (TPSA) is 86.6 Å². The largest absolute Gasteiger partial charge is 0.505 e. The summed E-state index contributed by atoms with van der Waals surface area (Å²) in [7, 11) is 3.31. The van der Waals surface area contributed by atoms with Crippen molar-refractivity contribution < 1.29 is 19.1 Å². The summed E-state index contributed by atoms with van der Waals surface area (Å²) in [4.78, 5) is 38.3. The molecule has 2 aromatic heterocycles. The zero-order valence-corrected chi connectivity index (χ0v) is 19.3. The number of fused-ring (bicyclic) bond motifs is 2. The quantitative estimate of drug-likeness (QED) is 0.478. The Morgan fingerprint density at radius 3 is 2.63 bits per heavy atom. The Hall–Kier alpha value is -4.33. The Bertz CT molecular complexity index is 1460. The number of hydrogen-bond acceptors (Lipinski definition) is 5. The van der Waals surface area contributed by atoms with Crippen molar-refractivity contribution in [2.24, 2.45) is 0 Å². The van der Waals surface area contributed by atoms with Crippen molar-refractivity contribution in [3.8, 4) is 5.75 Å². The molecule has 1 N–H and O–H groups in total. The second-order valence-electron chi connectivity index (χ2n) is 8.76. The van der Waals surface area contributed by atoms with Crippen LogP contribution in [0.4, 0.5) is 4.39 Å². The lowest BCUT2D eigenvalue weighted by Crippen LogP contribution is -2.28. The highest BCUT2D eigenvalue weighted by molar-refractivity contribution is 6.15. The van der Waals surface area contributed by atoms with Gasteiger partial charge in [0.2, 0.25) is 0 Å². The van der Waals surface area contributed by atoms with Gasteiger partial charge in [-0.05, 0) is 47.9 Å². The van der Waals surface area contributed by atoms with Crippen LogP contribution in [0.1, 0.15) is 43.1 Å². The molecule has 0 unspecified atom stereocenters. The van der Waals surface area contributed by atoms with Crippen LogP contribution in [0.5, 0.6) is 5.75 Å². The molecule has 3 heterocycles. The summed E-state index contributed by atoms with van der Waals surface area (Å²) >= 11 is 0. The number of phenolic OH excluding ortho intramolecular Hbond substituents is 1. The lowest BCUT2D eigenvalue weighted by Gasteiger charge is -2.20. The first-order chi connectivity index (χ1) is 16.8. The van der Waals surface area contributed by atoms with Crippen molar-refractivity contribution in [1.29, 1.82) is 0 Å². The van der Waals surface area contributed by atoms with Gasteiger partial charge in [-0.1, -0.05) is 18.2 Å². The van der Waals surface area contributed by atoms with E-state index in [4.69, 9.17) is 0 Å². The predicted octanol–water partition coefficient (Wildman–Crippen LogP) is 3.92. The Morgan fingerprint density at radius 2 is 1.91 bits per heavy atom. The van der Waals surface area contributed by atoms with Gasteiger partial charge in [0.25, 0.3) is 11.8 Å². The molecule has 0 spiro atoms. The van der Waals surface area contributed by atoms with Crippen molar-refractivity contribution in [3.63, 3.8) is 0 Å². The van der Waals surface area contributed by atoms with Gasteiger partial charge >= 0.3 is 0 Å². The maximum Gasteiger partial charge on any atom is 0.258 e. The summed E-state index contributed by atoms with van der Waals surface area (Å²) in [5, 5.41) is 11.4. The first-order valence-corrected chi connectivity index (χ1v) is 11.1. The van der Waals surface area contributed by atoms with Gasteiger partial charge in [0.15, 0.2) is 5.75 Å². The molecule has 1 aliphatic rings. The zero-order valence-electron chi connectivity index (χ0n) is 19.3. The molecule has 0 radical (unpaired) electrons. The Kier molecular flexibility index (Phi) is 5.64. The molecule has 2 amide bonds. The molecule has 2 aromatic carbocycles. The summed E-state index contributed by atoms with van der Waals surface area (Å²) in [6.45, 7) is 0.488. The first-order valence-electron chi connectivity index (χ1n) is 11.1. The van der Waals surface area contributed by atoms with Crippen LogP contribution in [0.2, 0.25) is 0 Å². The molecular formula is C27H23FN4O3. The molecule has 4 aromatic rings.